The van der Waals surface area contributed by atoms with Crippen LogP contribution in [0.25, 0.3) is 11.1 Å². The molecule has 1 aliphatic heterocycles. The lowest BCUT2D eigenvalue weighted by molar-refractivity contribution is -0.159. The van der Waals surface area contributed by atoms with Crippen molar-refractivity contribution in [3.05, 3.63) is 59.7 Å². The van der Waals surface area contributed by atoms with Crippen LogP contribution in [0.2, 0.25) is 0 Å². The Morgan fingerprint density at radius 2 is 1.69 bits per heavy atom. The monoisotopic (exact) mass is 476 g/mol. The molecule has 5 rings (SSSR count). The fourth-order valence-corrected chi connectivity index (χ4v) is 6.03. The van der Waals surface area contributed by atoms with Gasteiger partial charge in [0.25, 0.3) is 0 Å². The predicted molar refractivity (Wildman–Crippen MR) is 131 cm³/mol. The maximum atomic E-state index is 13.7. The van der Waals surface area contributed by atoms with Gasteiger partial charge in [-0.3, -0.25) is 4.79 Å². The van der Waals surface area contributed by atoms with E-state index in [4.69, 9.17) is 4.74 Å². The van der Waals surface area contributed by atoms with Crippen molar-refractivity contribution in [1.82, 2.24) is 10.2 Å². The number of fused-ring (bicyclic) bond motifs is 3. The molecule has 2 atom stereocenters. The molecule has 2 fully saturated rings. The highest BCUT2D eigenvalue weighted by Crippen LogP contribution is 2.45. The Bertz CT molecular complexity index is 1130. The molecular weight excluding hydrogens is 444 g/mol. The molecule has 35 heavy (non-hydrogen) atoms. The highest BCUT2D eigenvalue weighted by atomic mass is 16.5. The molecule has 0 radical (unpaired) electrons. The molecule has 2 aromatic carbocycles. The summed E-state index contributed by atoms with van der Waals surface area (Å²) in [5.41, 5.74) is 2.13. The SMILES string of the molecule is CCC1(C(=O)O)CCCN1C(=O)C(C)(NC(=O)OCC1c2ccccc2-c2ccccc21)C1CC1. The summed E-state index contributed by atoms with van der Waals surface area (Å²) in [6.45, 7) is 4.06. The third kappa shape index (κ3) is 3.77. The van der Waals surface area contributed by atoms with Crippen molar-refractivity contribution in [2.45, 2.75) is 62.9 Å². The Labute approximate surface area is 205 Å². The summed E-state index contributed by atoms with van der Waals surface area (Å²) >= 11 is 0. The topological polar surface area (TPSA) is 95.9 Å². The lowest BCUT2D eigenvalue weighted by Crippen LogP contribution is -2.64. The standard InChI is InChI=1S/C28H32N2O5/c1-3-28(25(32)33)15-8-16-30(28)24(31)27(2,18-13-14-18)29-26(34)35-17-23-21-11-6-4-9-19(21)20-10-5-7-12-22(20)23/h4-7,9-12,18,23H,3,8,13-17H2,1-2H3,(H,29,34)(H,32,33). The maximum absolute atomic E-state index is 13.7. The fraction of sp³-hybridized carbons (Fsp3) is 0.464. The van der Waals surface area contributed by atoms with E-state index in [1.807, 2.05) is 24.3 Å². The number of ether oxygens (including phenoxy) is 1. The minimum Gasteiger partial charge on any atom is -0.479 e. The molecule has 2 unspecified atom stereocenters. The van der Waals surface area contributed by atoms with Crippen molar-refractivity contribution in [1.29, 1.82) is 0 Å². The van der Waals surface area contributed by atoms with Crippen LogP contribution in [0.3, 0.4) is 0 Å². The van der Waals surface area contributed by atoms with Gasteiger partial charge < -0.3 is 20.1 Å². The van der Waals surface area contributed by atoms with E-state index in [0.29, 0.717) is 25.8 Å². The van der Waals surface area contributed by atoms with Crippen molar-refractivity contribution >= 4 is 18.0 Å². The molecule has 7 nitrogen and oxygen atoms in total. The lowest BCUT2D eigenvalue weighted by Gasteiger charge is -2.40. The van der Waals surface area contributed by atoms with E-state index in [1.54, 1.807) is 13.8 Å². The van der Waals surface area contributed by atoms with Crippen LogP contribution in [-0.4, -0.2) is 52.2 Å². The number of carboxylic acid groups (broad SMARTS) is 1. The number of alkyl carbamates (subject to hydrolysis) is 1. The third-order valence-electron chi connectivity index (χ3n) is 8.26. The molecule has 0 bridgehead atoms. The number of hydrogen-bond donors (Lipinski definition) is 2. The van der Waals surface area contributed by atoms with Crippen molar-refractivity contribution in [2.24, 2.45) is 5.92 Å². The number of aliphatic carboxylic acids is 1. The van der Waals surface area contributed by atoms with Crippen LogP contribution in [0, 0.1) is 5.92 Å². The second-order valence-electron chi connectivity index (χ2n) is 10.2. The second-order valence-corrected chi connectivity index (χ2v) is 10.2. The number of carboxylic acids is 1. The van der Waals surface area contributed by atoms with Crippen LogP contribution in [0.5, 0.6) is 0 Å². The average molecular weight is 477 g/mol. The Morgan fingerprint density at radius 3 is 2.23 bits per heavy atom. The van der Waals surface area contributed by atoms with Gasteiger partial charge in [-0.25, -0.2) is 9.59 Å². The molecule has 2 aromatic rings. The van der Waals surface area contributed by atoms with E-state index in [0.717, 1.165) is 35.1 Å². The molecular formula is C28H32N2O5. The summed E-state index contributed by atoms with van der Waals surface area (Å²) in [7, 11) is 0. The minimum absolute atomic E-state index is 0.0283. The number of amides is 2. The number of benzene rings is 2. The van der Waals surface area contributed by atoms with E-state index in [9.17, 15) is 19.5 Å². The van der Waals surface area contributed by atoms with Gasteiger partial charge in [0.05, 0.1) is 0 Å². The van der Waals surface area contributed by atoms with Crippen LogP contribution in [0.4, 0.5) is 4.79 Å². The third-order valence-corrected chi connectivity index (χ3v) is 8.26. The zero-order valence-electron chi connectivity index (χ0n) is 20.3. The van der Waals surface area contributed by atoms with Crippen LogP contribution in [-0.2, 0) is 14.3 Å². The zero-order chi connectivity index (χ0) is 24.8. The first-order chi connectivity index (χ1) is 16.8. The van der Waals surface area contributed by atoms with Gasteiger partial charge >= 0.3 is 12.1 Å². The molecule has 2 N–H and O–H groups in total. The summed E-state index contributed by atoms with van der Waals surface area (Å²) in [4.78, 5) is 40.4. The quantitative estimate of drug-likeness (QED) is 0.611. The van der Waals surface area contributed by atoms with Gasteiger partial charge in [-0.15, -0.1) is 0 Å². The molecule has 0 aromatic heterocycles. The smallest absolute Gasteiger partial charge is 0.408 e. The number of likely N-dealkylation sites (tertiary alicyclic amines) is 1. The fourth-order valence-electron chi connectivity index (χ4n) is 6.03. The van der Waals surface area contributed by atoms with Gasteiger partial charge in [0.1, 0.15) is 17.7 Å². The Hall–Kier alpha value is -3.35. The van der Waals surface area contributed by atoms with Crippen molar-refractivity contribution < 1.29 is 24.2 Å². The summed E-state index contributed by atoms with van der Waals surface area (Å²) < 4.78 is 5.71. The van der Waals surface area contributed by atoms with E-state index in [1.165, 1.54) is 4.90 Å². The molecule has 7 heteroatoms. The first-order valence-electron chi connectivity index (χ1n) is 12.5. The molecule has 0 spiro atoms. The second kappa shape index (κ2) is 8.70. The molecule has 1 saturated carbocycles. The van der Waals surface area contributed by atoms with Crippen molar-refractivity contribution in [3.63, 3.8) is 0 Å². The highest BCUT2D eigenvalue weighted by molar-refractivity contribution is 5.95. The number of carbonyl (C=O) groups is 3. The van der Waals surface area contributed by atoms with Gasteiger partial charge in [-0.05, 0) is 67.2 Å². The Balaban J connectivity index is 1.32. The minimum atomic E-state index is -1.21. The number of hydrogen-bond acceptors (Lipinski definition) is 4. The summed E-state index contributed by atoms with van der Waals surface area (Å²) in [5.74, 6) is -1.41. The largest absolute Gasteiger partial charge is 0.479 e. The molecule has 184 valence electrons. The first-order valence-corrected chi connectivity index (χ1v) is 12.5. The van der Waals surface area contributed by atoms with Crippen molar-refractivity contribution in [2.75, 3.05) is 13.2 Å². The molecule has 3 aliphatic rings. The number of rotatable bonds is 7. The van der Waals surface area contributed by atoms with Gasteiger partial charge in [-0.2, -0.15) is 0 Å². The maximum Gasteiger partial charge on any atom is 0.408 e. The van der Waals surface area contributed by atoms with E-state index < -0.39 is 23.1 Å². The van der Waals surface area contributed by atoms with Gasteiger partial charge in [0.15, 0.2) is 0 Å². The summed E-state index contributed by atoms with van der Waals surface area (Å²) in [5, 5.41) is 12.8. The molecule has 2 aliphatic carbocycles. The molecule has 2 amide bonds. The Morgan fingerprint density at radius 1 is 1.09 bits per heavy atom. The van der Waals surface area contributed by atoms with Crippen LogP contribution in [0.15, 0.2) is 48.5 Å². The molecule has 1 saturated heterocycles. The number of nitrogens with one attached hydrogen (secondary N) is 1. The predicted octanol–water partition coefficient (Wildman–Crippen LogP) is 4.55. The zero-order valence-corrected chi connectivity index (χ0v) is 20.3. The highest BCUT2D eigenvalue weighted by Gasteiger charge is 2.57. The Kier molecular flexibility index (Phi) is 5.82. The first kappa shape index (κ1) is 23.4. The van der Waals surface area contributed by atoms with Gasteiger partial charge in [0.2, 0.25) is 5.91 Å². The van der Waals surface area contributed by atoms with E-state index in [-0.39, 0.29) is 24.3 Å². The number of carbonyl (C=O) groups excluding carboxylic acids is 2. The van der Waals surface area contributed by atoms with Crippen LogP contribution < -0.4 is 5.32 Å². The van der Waals surface area contributed by atoms with Crippen molar-refractivity contribution in [3.8, 4) is 11.1 Å². The normalized spacial score (nSPS) is 22.7. The number of nitrogens with zero attached hydrogens (tertiary/aromatic N) is 1. The summed E-state index contributed by atoms with van der Waals surface area (Å²) in [6, 6.07) is 16.3. The molecule has 1 heterocycles. The summed E-state index contributed by atoms with van der Waals surface area (Å²) in [6.07, 6.45) is 2.37. The van der Waals surface area contributed by atoms with Gasteiger partial charge in [-0.1, -0.05) is 55.5 Å². The van der Waals surface area contributed by atoms with E-state index in [2.05, 4.69) is 29.6 Å². The van der Waals surface area contributed by atoms with Crippen LogP contribution in [0.1, 0.15) is 63.0 Å². The average Bonchev–Trinajstić information content (AvgIpc) is 3.55. The van der Waals surface area contributed by atoms with Gasteiger partial charge in [0, 0.05) is 12.5 Å². The lowest BCUT2D eigenvalue weighted by atomic mass is 9.88. The van der Waals surface area contributed by atoms with E-state index >= 15 is 0 Å². The van der Waals surface area contributed by atoms with Crippen LogP contribution >= 0.6 is 0 Å².